The number of carbonyl (C=O) groups is 2. The molecule has 2 rings (SSSR count). The van der Waals surface area contributed by atoms with E-state index in [-0.39, 0.29) is 31.1 Å². The van der Waals surface area contributed by atoms with Gasteiger partial charge in [-0.05, 0) is 25.0 Å². The SMILES string of the molecule is O=C(CCC(=O)c1ccc(Cl)s1)NCC1(O)CCCC1. The molecule has 4 nitrogen and oxygen atoms in total. The van der Waals surface area contributed by atoms with Crippen LogP contribution in [-0.2, 0) is 4.79 Å². The quantitative estimate of drug-likeness (QED) is 0.793. The molecule has 1 aliphatic carbocycles. The molecule has 20 heavy (non-hydrogen) atoms. The van der Waals surface area contributed by atoms with Crippen LogP contribution in [0.3, 0.4) is 0 Å². The van der Waals surface area contributed by atoms with Gasteiger partial charge in [0, 0.05) is 19.4 Å². The summed E-state index contributed by atoms with van der Waals surface area (Å²) in [6, 6.07) is 3.35. The number of hydrogen-bond acceptors (Lipinski definition) is 4. The number of carbonyl (C=O) groups excluding carboxylic acids is 2. The standard InChI is InChI=1S/C14H18ClNO3S/c15-12-5-4-11(20-12)10(17)3-6-13(18)16-9-14(19)7-1-2-8-14/h4-5,19H,1-3,6-9H2,(H,16,18). The van der Waals surface area contributed by atoms with E-state index in [4.69, 9.17) is 11.6 Å². The number of thiophene rings is 1. The fraction of sp³-hybridized carbons (Fsp3) is 0.571. The predicted molar refractivity (Wildman–Crippen MR) is 79.3 cm³/mol. The molecule has 6 heteroatoms. The summed E-state index contributed by atoms with van der Waals surface area (Å²) < 4.78 is 0.571. The lowest BCUT2D eigenvalue weighted by Crippen LogP contribution is -2.40. The Hall–Kier alpha value is -0.910. The lowest BCUT2D eigenvalue weighted by atomic mass is 10.0. The molecule has 1 aliphatic rings. The van der Waals surface area contributed by atoms with Crippen LogP contribution in [0.1, 0.15) is 48.2 Å². The van der Waals surface area contributed by atoms with E-state index < -0.39 is 5.60 Å². The smallest absolute Gasteiger partial charge is 0.220 e. The van der Waals surface area contributed by atoms with Crippen LogP contribution < -0.4 is 5.32 Å². The summed E-state index contributed by atoms with van der Waals surface area (Å²) in [7, 11) is 0. The van der Waals surface area contributed by atoms with Crippen molar-refractivity contribution < 1.29 is 14.7 Å². The van der Waals surface area contributed by atoms with E-state index in [0.29, 0.717) is 9.21 Å². The Labute approximate surface area is 127 Å². The van der Waals surface area contributed by atoms with Gasteiger partial charge in [-0.25, -0.2) is 0 Å². The summed E-state index contributed by atoms with van der Waals surface area (Å²) in [5, 5.41) is 12.8. The second kappa shape index (κ2) is 6.70. The maximum atomic E-state index is 11.8. The van der Waals surface area contributed by atoms with Crippen LogP contribution in [0.15, 0.2) is 12.1 Å². The molecule has 0 spiro atoms. The second-order valence-electron chi connectivity index (χ2n) is 5.24. The average Bonchev–Trinajstić information content (AvgIpc) is 3.03. The van der Waals surface area contributed by atoms with E-state index in [0.717, 1.165) is 25.7 Å². The van der Waals surface area contributed by atoms with Crippen molar-refractivity contribution in [3.8, 4) is 0 Å². The Morgan fingerprint density at radius 2 is 2.00 bits per heavy atom. The molecule has 0 radical (unpaired) electrons. The van der Waals surface area contributed by atoms with E-state index >= 15 is 0 Å². The van der Waals surface area contributed by atoms with Gasteiger partial charge in [-0.2, -0.15) is 0 Å². The topological polar surface area (TPSA) is 66.4 Å². The number of hydrogen-bond donors (Lipinski definition) is 2. The Kier molecular flexibility index (Phi) is 5.18. The van der Waals surface area contributed by atoms with Crippen LogP contribution in [-0.4, -0.2) is 28.9 Å². The second-order valence-corrected chi connectivity index (χ2v) is 6.95. The summed E-state index contributed by atoms with van der Waals surface area (Å²) in [5.41, 5.74) is -0.749. The third-order valence-corrected chi connectivity index (χ3v) is 4.85. The highest BCUT2D eigenvalue weighted by atomic mass is 35.5. The first-order valence-corrected chi connectivity index (χ1v) is 7.96. The molecular weight excluding hydrogens is 298 g/mol. The maximum absolute atomic E-state index is 11.8. The number of aliphatic hydroxyl groups is 1. The highest BCUT2D eigenvalue weighted by molar-refractivity contribution is 7.18. The lowest BCUT2D eigenvalue weighted by molar-refractivity contribution is -0.122. The zero-order valence-corrected chi connectivity index (χ0v) is 12.7. The Morgan fingerprint density at radius 1 is 1.30 bits per heavy atom. The van der Waals surface area contributed by atoms with Gasteiger partial charge in [0.15, 0.2) is 5.78 Å². The third kappa shape index (κ3) is 4.30. The van der Waals surface area contributed by atoms with Crippen molar-refractivity contribution in [2.75, 3.05) is 6.54 Å². The number of rotatable bonds is 6. The molecule has 0 bridgehead atoms. The molecule has 0 unspecified atom stereocenters. The highest BCUT2D eigenvalue weighted by Gasteiger charge is 2.31. The minimum Gasteiger partial charge on any atom is -0.388 e. The average molecular weight is 316 g/mol. The molecule has 0 atom stereocenters. The summed E-state index contributed by atoms with van der Waals surface area (Å²) >= 11 is 6.99. The van der Waals surface area contributed by atoms with E-state index in [1.54, 1.807) is 12.1 Å². The van der Waals surface area contributed by atoms with Crippen molar-refractivity contribution >= 4 is 34.6 Å². The normalized spacial score (nSPS) is 17.1. The van der Waals surface area contributed by atoms with Gasteiger partial charge in [0.1, 0.15) is 0 Å². The first kappa shape index (κ1) is 15.5. The van der Waals surface area contributed by atoms with Crippen molar-refractivity contribution in [2.24, 2.45) is 0 Å². The van der Waals surface area contributed by atoms with Gasteiger partial charge in [0.25, 0.3) is 0 Å². The Balaban J connectivity index is 1.71. The summed E-state index contributed by atoms with van der Waals surface area (Å²) in [5.74, 6) is -0.266. The Morgan fingerprint density at radius 3 is 2.60 bits per heavy atom. The van der Waals surface area contributed by atoms with E-state index in [9.17, 15) is 14.7 Å². The van der Waals surface area contributed by atoms with Gasteiger partial charge < -0.3 is 10.4 Å². The van der Waals surface area contributed by atoms with Crippen LogP contribution in [0.5, 0.6) is 0 Å². The van der Waals surface area contributed by atoms with E-state index in [1.165, 1.54) is 11.3 Å². The largest absolute Gasteiger partial charge is 0.388 e. The molecule has 1 heterocycles. The number of halogens is 1. The highest BCUT2D eigenvalue weighted by Crippen LogP contribution is 2.28. The van der Waals surface area contributed by atoms with E-state index in [1.807, 2.05) is 0 Å². The van der Waals surface area contributed by atoms with Gasteiger partial charge in [0.2, 0.25) is 5.91 Å². The molecule has 1 aromatic heterocycles. The summed E-state index contributed by atoms with van der Waals surface area (Å²) in [6.07, 6.45) is 3.79. The summed E-state index contributed by atoms with van der Waals surface area (Å²) in [4.78, 5) is 24.1. The van der Waals surface area contributed by atoms with Gasteiger partial charge in [-0.3, -0.25) is 9.59 Å². The van der Waals surface area contributed by atoms with Crippen molar-refractivity contribution in [1.82, 2.24) is 5.32 Å². The molecule has 2 N–H and O–H groups in total. The number of nitrogens with one attached hydrogen (secondary N) is 1. The molecule has 1 amide bonds. The van der Waals surface area contributed by atoms with Gasteiger partial charge >= 0.3 is 0 Å². The fourth-order valence-corrected chi connectivity index (χ4v) is 3.39. The van der Waals surface area contributed by atoms with Crippen LogP contribution in [0.25, 0.3) is 0 Å². The fourth-order valence-electron chi connectivity index (χ4n) is 2.38. The first-order chi connectivity index (χ1) is 9.48. The molecule has 0 aromatic carbocycles. The van der Waals surface area contributed by atoms with Crippen LogP contribution in [0, 0.1) is 0 Å². The maximum Gasteiger partial charge on any atom is 0.220 e. The minimum absolute atomic E-state index is 0.0726. The molecule has 110 valence electrons. The number of amides is 1. The molecule has 0 aliphatic heterocycles. The lowest BCUT2D eigenvalue weighted by Gasteiger charge is -2.22. The van der Waals surface area contributed by atoms with Gasteiger partial charge in [-0.15, -0.1) is 11.3 Å². The molecule has 0 saturated heterocycles. The number of Topliss-reactive ketones (excluding diaryl/α,β-unsaturated/α-hetero) is 1. The van der Waals surface area contributed by atoms with Crippen LogP contribution >= 0.6 is 22.9 Å². The van der Waals surface area contributed by atoms with Crippen molar-refractivity contribution in [3.63, 3.8) is 0 Å². The zero-order valence-electron chi connectivity index (χ0n) is 11.2. The molecular formula is C14H18ClNO3S. The zero-order chi connectivity index (χ0) is 14.6. The van der Waals surface area contributed by atoms with Crippen molar-refractivity contribution in [2.45, 2.75) is 44.1 Å². The minimum atomic E-state index is -0.749. The molecule has 1 saturated carbocycles. The van der Waals surface area contributed by atoms with Gasteiger partial charge in [0.05, 0.1) is 14.8 Å². The van der Waals surface area contributed by atoms with Crippen LogP contribution in [0.4, 0.5) is 0 Å². The van der Waals surface area contributed by atoms with E-state index in [2.05, 4.69) is 5.32 Å². The monoisotopic (exact) mass is 315 g/mol. The Bertz CT molecular complexity index is 494. The number of ketones is 1. The third-order valence-electron chi connectivity index (χ3n) is 3.58. The predicted octanol–water partition coefficient (Wildman–Crippen LogP) is 2.79. The molecule has 1 fully saturated rings. The van der Waals surface area contributed by atoms with Crippen molar-refractivity contribution in [3.05, 3.63) is 21.3 Å². The van der Waals surface area contributed by atoms with Gasteiger partial charge in [-0.1, -0.05) is 24.4 Å². The summed E-state index contributed by atoms with van der Waals surface area (Å²) in [6.45, 7) is 0.283. The van der Waals surface area contributed by atoms with Crippen molar-refractivity contribution in [1.29, 1.82) is 0 Å². The van der Waals surface area contributed by atoms with Crippen LogP contribution in [0.2, 0.25) is 4.34 Å². The first-order valence-electron chi connectivity index (χ1n) is 6.76. The molecule has 1 aromatic rings.